The molecule has 0 aliphatic heterocycles. The van der Waals surface area contributed by atoms with Crippen molar-refractivity contribution in [2.24, 2.45) is 0 Å². The molecule has 0 atom stereocenters. The molecule has 2 aromatic carbocycles. The summed E-state index contributed by atoms with van der Waals surface area (Å²) < 4.78 is 14.3. The molecule has 0 saturated heterocycles. The average molecular weight is 415 g/mol. The molecule has 0 fully saturated rings. The number of fused-ring (bicyclic) bond motifs is 1. The SMILES string of the molecule is Cc1c(C(=O)NCc2cccc(F)c2)c(C(C)C)nc2cc(Br)ccc12. The van der Waals surface area contributed by atoms with Crippen molar-refractivity contribution in [1.29, 1.82) is 0 Å². The summed E-state index contributed by atoms with van der Waals surface area (Å²) >= 11 is 3.47. The minimum atomic E-state index is -0.311. The number of nitrogens with zero attached hydrogens (tertiary/aromatic N) is 1. The number of hydrogen-bond acceptors (Lipinski definition) is 2. The van der Waals surface area contributed by atoms with E-state index in [1.54, 1.807) is 12.1 Å². The maximum absolute atomic E-state index is 13.3. The Bertz CT molecular complexity index is 985. The Labute approximate surface area is 160 Å². The molecule has 1 aromatic heterocycles. The number of halogens is 2. The van der Waals surface area contributed by atoms with Crippen LogP contribution in [0.3, 0.4) is 0 Å². The van der Waals surface area contributed by atoms with Crippen LogP contribution in [-0.2, 0) is 6.54 Å². The Hall–Kier alpha value is -2.27. The molecule has 5 heteroatoms. The molecule has 0 bridgehead atoms. The van der Waals surface area contributed by atoms with Gasteiger partial charge in [0.2, 0.25) is 0 Å². The van der Waals surface area contributed by atoms with Gasteiger partial charge in [0.05, 0.1) is 16.8 Å². The van der Waals surface area contributed by atoms with Gasteiger partial charge < -0.3 is 5.32 Å². The third-order valence-corrected chi connectivity index (χ3v) is 4.85. The monoisotopic (exact) mass is 414 g/mol. The number of pyridine rings is 1. The predicted octanol–water partition coefficient (Wildman–Crippen LogP) is 5.50. The first-order valence-corrected chi connectivity index (χ1v) is 9.28. The fraction of sp³-hybridized carbons (Fsp3) is 0.238. The van der Waals surface area contributed by atoms with Crippen molar-refractivity contribution in [3.8, 4) is 0 Å². The first-order chi connectivity index (χ1) is 12.4. The highest BCUT2D eigenvalue weighted by Crippen LogP contribution is 2.29. The van der Waals surface area contributed by atoms with Gasteiger partial charge in [0.1, 0.15) is 5.82 Å². The molecule has 0 radical (unpaired) electrons. The van der Waals surface area contributed by atoms with Gasteiger partial charge in [-0.25, -0.2) is 4.39 Å². The van der Waals surface area contributed by atoms with Crippen LogP contribution in [0.5, 0.6) is 0 Å². The summed E-state index contributed by atoms with van der Waals surface area (Å²) in [6, 6.07) is 12.1. The molecule has 1 N–H and O–H groups in total. The highest BCUT2D eigenvalue weighted by Gasteiger charge is 2.20. The second-order valence-electron chi connectivity index (χ2n) is 6.63. The number of aryl methyl sites for hydroxylation is 1. The van der Waals surface area contributed by atoms with E-state index in [-0.39, 0.29) is 24.2 Å². The largest absolute Gasteiger partial charge is 0.348 e. The van der Waals surface area contributed by atoms with Crippen LogP contribution in [0.15, 0.2) is 46.9 Å². The number of hydrogen-bond donors (Lipinski definition) is 1. The highest BCUT2D eigenvalue weighted by atomic mass is 79.9. The normalized spacial score (nSPS) is 11.2. The van der Waals surface area contributed by atoms with Crippen LogP contribution in [0.25, 0.3) is 10.9 Å². The number of carbonyl (C=O) groups excluding carboxylic acids is 1. The molecule has 1 amide bonds. The van der Waals surface area contributed by atoms with E-state index in [0.717, 1.165) is 32.2 Å². The quantitative estimate of drug-likeness (QED) is 0.612. The lowest BCUT2D eigenvalue weighted by atomic mass is 9.95. The van der Waals surface area contributed by atoms with E-state index in [9.17, 15) is 9.18 Å². The summed E-state index contributed by atoms with van der Waals surface area (Å²) in [5.74, 6) is -0.395. The summed E-state index contributed by atoms with van der Waals surface area (Å²) in [4.78, 5) is 17.6. The molecule has 134 valence electrons. The van der Waals surface area contributed by atoms with Gasteiger partial charge in [-0.1, -0.05) is 48.0 Å². The first kappa shape index (κ1) is 18.5. The van der Waals surface area contributed by atoms with Gasteiger partial charge >= 0.3 is 0 Å². The lowest BCUT2D eigenvalue weighted by Crippen LogP contribution is -2.26. The fourth-order valence-electron chi connectivity index (χ4n) is 3.05. The van der Waals surface area contributed by atoms with Crippen molar-refractivity contribution in [3.05, 3.63) is 75.1 Å². The van der Waals surface area contributed by atoms with Gasteiger partial charge in [0.15, 0.2) is 0 Å². The van der Waals surface area contributed by atoms with Crippen molar-refractivity contribution in [2.75, 3.05) is 0 Å². The van der Waals surface area contributed by atoms with Gasteiger partial charge in [-0.2, -0.15) is 0 Å². The third-order valence-electron chi connectivity index (χ3n) is 4.35. The summed E-state index contributed by atoms with van der Waals surface area (Å²) in [5, 5.41) is 3.85. The summed E-state index contributed by atoms with van der Waals surface area (Å²) in [5.41, 5.74) is 3.86. The van der Waals surface area contributed by atoms with Crippen molar-refractivity contribution in [1.82, 2.24) is 10.3 Å². The zero-order valence-corrected chi connectivity index (χ0v) is 16.5. The van der Waals surface area contributed by atoms with Crippen LogP contribution in [0.2, 0.25) is 0 Å². The van der Waals surface area contributed by atoms with Gasteiger partial charge in [-0.15, -0.1) is 0 Å². The maximum atomic E-state index is 13.3. The van der Waals surface area contributed by atoms with Gasteiger partial charge in [0.25, 0.3) is 5.91 Å². The second-order valence-corrected chi connectivity index (χ2v) is 7.54. The Kier molecular flexibility index (Phi) is 5.37. The molecule has 0 aliphatic rings. The molecule has 3 rings (SSSR count). The van der Waals surface area contributed by atoms with E-state index in [2.05, 4.69) is 21.2 Å². The lowest BCUT2D eigenvalue weighted by molar-refractivity contribution is 0.0948. The van der Waals surface area contributed by atoms with Crippen molar-refractivity contribution >= 4 is 32.7 Å². The number of carbonyl (C=O) groups is 1. The van der Waals surface area contributed by atoms with E-state index < -0.39 is 0 Å². The Morgan fingerprint density at radius 3 is 2.69 bits per heavy atom. The molecule has 0 aliphatic carbocycles. The lowest BCUT2D eigenvalue weighted by Gasteiger charge is -2.17. The number of nitrogens with one attached hydrogen (secondary N) is 1. The number of benzene rings is 2. The fourth-order valence-corrected chi connectivity index (χ4v) is 3.40. The minimum Gasteiger partial charge on any atom is -0.348 e. The first-order valence-electron chi connectivity index (χ1n) is 8.49. The highest BCUT2D eigenvalue weighted by molar-refractivity contribution is 9.10. The molecule has 0 unspecified atom stereocenters. The molecule has 0 saturated carbocycles. The Morgan fingerprint density at radius 2 is 2.00 bits per heavy atom. The standard InChI is InChI=1S/C21H20BrFN2O/c1-12(2)20-19(13(3)17-8-7-15(22)10-18(17)25-20)21(26)24-11-14-5-4-6-16(23)9-14/h4-10,12H,11H2,1-3H3,(H,24,26). The number of amides is 1. The molecule has 0 spiro atoms. The van der Waals surface area contributed by atoms with E-state index in [1.807, 2.05) is 39.0 Å². The molecule has 1 heterocycles. The Balaban J connectivity index is 1.99. The molecule has 3 aromatic rings. The van der Waals surface area contributed by atoms with Crippen molar-refractivity contribution < 1.29 is 9.18 Å². The van der Waals surface area contributed by atoms with Crippen molar-refractivity contribution in [2.45, 2.75) is 33.2 Å². The van der Waals surface area contributed by atoms with Crippen LogP contribution >= 0.6 is 15.9 Å². The van der Waals surface area contributed by atoms with Crippen LogP contribution in [0, 0.1) is 12.7 Å². The predicted molar refractivity (Wildman–Crippen MR) is 106 cm³/mol. The van der Waals surface area contributed by atoms with Gasteiger partial charge in [-0.05, 0) is 48.2 Å². The minimum absolute atomic E-state index is 0.104. The molecule has 26 heavy (non-hydrogen) atoms. The molecule has 3 nitrogen and oxygen atoms in total. The topological polar surface area (TPSA) is 42.0 Å². The van der Waals surface area contributed by atoms with Crippen LogP contribution < -0.4 is 5.32 Å². The molecular weight excluding hydrogens is 395 g/mol. The maximum Gasteiger partial charge on any atom is 0.253 e. The van der Waals surface area contributed by atoms with Gasteiger partial charge in [-0.3, -0.25) is 9.78 Å². The third kappa shape index (κ3) is 3.78. The van der Waals surface area contributed by atoms with Crippen LogP contribution in [0.1, 0.15) is 46.9 Å². The zero-order chi connectivity index (χ0) is 18.8. The van der Waals surface area contributed by atoms with E-state index in [0.29, 0.717) is 5.56 Å². The number of aromatic nitrogens is 1. The second kappa shape index (κ2) is 7.54. The van der Waals surface area contributed by atoms with Crippen LogP contribution in [0.4, 0.5) is 4.39 Å². The summed E-state index contributed by atoms with van der Waals surface area (Å²) in [6.45, 7) is 6.26. The summed E-state index contributed by atoms with van der Waals surface area (Å²) in [6.07, 6.45) is 0. The van der Waals surface area contributed by atoms with E-state index in [1.165, 1.54) is 12.1 Å². The molecular formula is C21H20BrFN2O. The Morgan fingerprint density at radius 1 is 1.23 bits per heavy atom. The van der Waals surface area contributed by atoms with E-state index >= 15 is 0 Å². The summed E-state index contributed by atoms with van der Waals surface area (Å²) in [7, 11) is 0. The van der Waals surface area contributed by atoms with Crippen molar-refractivity contribution in [3.63, 3.8) is 0 Å². The van der Waals surface area contributed by atoms with E-state index in [4.69, 9.17) is 4.98 Å². The smallest absolute Gasteiger partial charge is 0.253 e. The average Bonchev–Trinajstić information content (AvgIpc) is 2.59. The van der Waals surface area contributed by atoms with Crippen LogP contribution in [-0.4, -0.2) is 10.9 Å². The number of rotatable bonds is 4. The van der Waals surface area contributed by atoms with Gasteiger partial charge in [0, 0.05) is 16.4 Å². The zero-order valence-electron chi connectivity index (χ0n) is 14.9.